The number of halogens is 3. The smallest absolute Gasteiger partial charge is 0.175 e. The van der Waals surface area contributed by atoms with E-state index >= 15 is 0 Å². The number of benzene rings is 3. The van der Waals surface area contributed by atoms with Crippen molar-refractivity contribution in [3.05, 3.63) is 89.5 Å². The highest BCUT2D eigenvalue weighted by Gasteiger charge is 2.17. The van der Waals surface area contributed by atoms with Crippen molar-refractivity contribution in [1.82, 2.24) is 9.78 Å². The third-order valence-electron chi connectivity index (χ3n) is 4.56. The molecule has 8 heteroatoms. The van der Waals surface area contributed by atoms with E-state index in [1.54, 1.807) is 42.5 Å². The van der Waals surface area contributed by atoms with Gasteiger partial charge in [0.1, 0.15) is 11.6 Å². The van der Waals surface area contributed by atoms with Gasteiger partial charge in [-0.15, -0.1) is 0 Å². The zero-order chi connectivity index (χ0) is 21.5. The predicted molar refractivity (Wildman–Crippen MR) is 112 cm³/mol. The Kier molecular flexibility index (Phi) is 5.17. The van der Waals surface area contributed by atoms with E-state index in [-0.39, 0.29) is 10.5 Å². The first kappa shape index (κ1) is 20.3. The van der Waals surface area contributed by atoms with Crippen molar-refractivity contribution < 1.29 is 17.2 Å². The third kappa shape index (κ3) is 3.99. The summed E-state index contributed by atoms with van der Waals surface area (Å²) in [5, 5.41) is 5.12. The lowest BCUT2D eigenvalue weighted by Crippen LogP contribution is -2.02. The highest BCUT2D eigenvalue weighted by Crippen LogP contribution is 2.31. The zero-order valence-corrected chi connectivity index (χ0v) is 17.3. The molecule has 0 N–H and O–H groups in total. The van der Waals surface area contributed by atoms with E-state index in [4.69, 9.17) is 11.6 Å². The van der Waals surface area contributed by atoms with Crippen LogP contribution in [0.25, 0.3) is 28.2 Å². The maximum Gasteiger partial charge on any atom is 0.175 e. The summed E-state index contributed by atoms with van der Waals surface area (Å²) in [5.41, 5.74) is 2.13. The van der Waals surface area contributed by atoms with Crippen molar-refractivity contribution in [3.8, 4) is 28.2 Å². The maximum atomic E-state index is 14.5. The molecular formula is C22H15ClF2N2O2S. The highest BCUT2D eigenvalue weighted by molar-refractivity contribution is 7.90. The summed E-state index contributed by atoms with van der Waals surface area (Å²) in [6.07, 6.45) is 1.11. The van der Waals surface area contributed by atoms with Crippen LogP contribution in [-0.4, -0.2) is 24.5 Å². The first-order valence-corrected chi connectivity index (χ1v) is 11.1. The molecule has 0 atom stereocenters. The van der Waals surface area contributed by atoms with Gasteiger partial charge in [0.25, 0.3) is 0 Å². The van der Waals surface area contributed by atoms with Crippen LogP contribution in [0.15, 0.2) is 77.7 Å². The molecule has 152 valence electrons. The van der Waals surface area contributed by atoms with Gasteiger partial charge in [-0.25, -0.2) is 21.9 Å². The Balaban J connectivity index is 1.91. The molecule has 0 radical (unpaired) electrons. The molecule has 0 fully saturated rings. The normalized spacial score (nSPS) is 11.6. The molecule has 0 unspecified atom stereocenters. The van der Waals surface area contributed by atoms with E-state index in [1.165, 1.54) is 16.8 Å². The standard InChI is InChI=1S/C22H15ClF2N2O2S/c1-30(28,29)18-9-7-17(8-10-18)27-22(19-12-16(24)6-11-20(19)25)13-21(26-27)14-2-4-15(23)5-3-14/h2-13H,1H3. The summed E-state index contributed by atoms with van der Waals surface area (Å²) in [7, 11) is -3.37. The van der Waals surface area contributed by atoms with Gasteiger partial charge in [-0.2, -0.15) is 5.10 Å². The summed E-state index contributed by atoms with van der Waals surface area (Å²) in [4.78, 5) is 0.148. The van der Waals surface area contributed by atoms with Crippen LogP contribution in [0.5, 0.6) is 0 Å². The Morgan fingerprint density at radius 1 is 0.900 bits per heavy atom. The van der Waals surface area contributed by atoms with E-state index in [2.05, 4.69) is 5.10 Å². The van der Waals surface area contributed by atoms with Gasteiger partial charge in [0.15, 0.2) is 9.84 Å². The summed E-state index contributed by atoms with van der Waals surface area (Å²) in [5.74, 6) is -1.19. The molecule has 0 aliphatic rings. The van der Waals surface area contributed by atoms with Gasteiger partial charge >= 0.3 is 0 Å². The van der Waals surface area contributed by atoms with Crippen molar-refractivity contribution in [2.45, 2.75) is 4.90 Å². The van der Waals surface area contributed by atoms with E-state index in [1.807, 2.05) is 0 Å². The minimum Gasteiger partial charge on any atom is -0.232 e. The molecule has 4 nitrogen and oxygen atoms in total. The number of nitrogens with zero attached hydrogens (tertiary/aromatic N) is 2. The lowest BCUT2D eigenvalue weighted by Gasteiger charge is -2.09. The minimum atomic E-state index is -3.37. The van der Waals surface area contributed by atoms with Crippen LogP contribution in [0.2, 0.25) is 5.02 Å². The molecule has 0 bridgehead atoms. The Hall–Kier alpha value is -3.03. The third-order valence-corrected chi connectivity index (χ3v) is 5.94. The molecule has 0 aliphatic heterocycles. The van der Waals surface area contributed by atoms with Gasteiger partial charge in [-0.05, 0) is 60.7 Å². The van der Waals surface area contributed by atoms with Crippen LogP contribution in [0, 0.1) is 11.6 Å². The first-order chi connectivity index (χ1) is 14.2. The van der Waals surface area contributed by atoms with Crippen molar-refractivity contribution in [3.63, 3.8) is 0 Å². The van der Waals surface area contributed by atoms with Crippen LogP contribution < -0.4 is 0 Å². The Morgan fingerprint density at radius 3 is 2.20 bits per heavy atom. The Labute approximate surface area is 177 Å². The fourth-order valence-electron chi connectivity index (χ4n) is 3.06. The number of aromatic nitrogens is 2. The van der Waals surface area contributed by atoms with Gasteiger partial charge in [-0.3, -0.25) is 0 Å². The summed E-state index contributed by atoms with van der Waals surface area (Å²) in [6, 6.07) is 17.8. The molecule has 1 heterocycles. The second kappa shape index (κ2) is 7.66. The second-order valence-electron chi connectivity index (χ2n) is 6.72. The topological polar surface area (TPSA) is 52.0 Å². The van der Waals surface area contributed by atoms with Crippen molar-refractivity contribution in [1.29, 1.82) is 0 Å². The van der Waals surface area contributed by atoms with E-state index in [0.717, 1.165) is 30.0 Å². The molecule has 0 amide bonds. The minimum absolute atomic E-state index is 0.0369. The average Bonchev–Trinajstić information content (AvgIpc) is 3.15. The van der Waals surface area contributed by atoms with Crippen LogP contribution >= 0.6 is 11.6 Å². The van der Waals surface area contributed by atoms with Gasteiger partial charge < -0.3 is 0 Å². The van der Waals surface area contributed by atoms with Gasteiger partial charge in [-0.1, -0.05) is 23.7 Å². The number of sulfone groups is 1. The van der Waals surface area contributed by atoms with Crippen molar-refractivity contribution >= 4 is 21.4 Å². The molecule has 0 aliphatic carbocycles. The summed E-state index contributed by atoms with van der Waals surface area (Å²) in [6.45, 7) is 0. The van der Waals surface area contributed by atoms with E-state index < -0.39 is 21.5 Å². The van der Waals surface area contributed by atoms with Gasteiger partial charge in [0.2, 0.25) is 0 Å². The fourth-order valence-corrected chi connectivity index (χ4v) is 3.82. The molecule has 1 aromatic heterocycles. The van der Waals surface area contributed by atoms with Crippen LogP contribution in [0.4, 0.5) is 8.78 Å². The fraction of sp³-hybridized carbons (Fsp3) is 0.0455. The van der Waals surface area contributed by atoms with E-state index in [9.17, 15) is 17.2 Å². The second-order valence-corrected chi connectivity index (χ2v) is 9.18. The summed E-state index contributed by atoms with van der Waals surface area (Å²) < 4.78 is 53.3. The maximum absolute atomic E-state index is 14.5. The number of hydrogen-bond acceptors (Lipinski definition) is 3. The molecule has 0 spiro atoms. The molecular weight excluding hydrogens is 430 g/mol. The SMILES string of the molecule is CS(=O)(=O)c1ccc(-n2nc(-c3ccc(Cl)cc3)cc2-c2cc(F)ccc2F)cc1. The number of hydrogen-bond donors (Lipinski definition) is 0. The first-order valence-electron chi connectivity index (χ1n) is 8.84. The molecule has 3 aromatic carbocycles. The number of rotatable bonds is 4. The highest BCUT2D eigenvalue weighted by atomic mass is 35.5. The largest absolute Gasteiger partial charge is 0.232 e. The molecule has 0 saturated carbocycles. The molecule has 4 aromatic rings. The van der Waals surface area contributed by atoms with Gasteiger partial charge in [0.05, 0.1) is 22.0 Å². The van der Waals surface area contributed by atoms with Crippen molar-refractivity contribution in [2.75, 3.05) is 6.26 Å². The van der Waals surface area contributed by atoms with E-state index in [0.29, 0.717) is 22.1 Å². The van der Waals surface area contributed by atoms with Gasteiger partial charge in [0, 0.05) is 22.4 Å². The lowest BCUT2D eigenvalue weighted by atomic mass is 10.1. The Bertz CT molecular complexity index is 1330. The lowest BCUT2D eigenvalue weighted by molar-refractivity contribution is 0.601. The average molecular weight is 445 g/mol. The van der Waals surface area contributed by atoms with Crippen LogP contribution in [0.1, 0.15) is 0 Å². The Morgan fingerprint density at radius 2 is 1.57 bits per heavy atom. The quantitative estimate of drug-likeness (QED) is 0.415. The van der Waals surface area contributed by atoms with Crippen molar-refractivity contribution in [2.24, 2.45) is 0 Å². The molecule has 0 saturated heterocycles. The molecule has 30 heavy (non-hydrogen) atoms. The summed E-state index contributed by atoms with van der Waals surface area (Å²) >= 11 is 5.95. The predicted octanol–water partition coefficient (Wildman–Crippen LogP) is 5.54. The monoisotopic (exact) mass is 444 g/mol. The van der Waals surface area contributed by atoms with Crippen LogP contribution in [0.3, 0.4) is 0 Å². The van der Waals surface area contributed by atoms with Crippen LogP contribution in [-0.2, 0) is 9.84 Å². The molecule has 4 rings (SSSR count). The zero-order valence-electron chi connectivity index (χ0n) is 15.7.